The molecule has 0 fully saturated rings. The number of hydrogen-bond acceptors (Lipinski definition) is 5. The lowest BCUT2D eigenvalue weighted by Gasteiger charge is -2.14. The number of rotatable bonds is 6. The number of hydrogen-bond donors (Lipinski definition) is 1. The van der Waals surface area contributed by atoms with Crippen LogP contribution in [0.3, 0.4) is 0 Å². The maximum atomic E-state index is 12.3. The van der Waals surface area contributed by atoms with Crippen molar-refractivity contribution in [1.82, 2.24) is 20.1 Å². The zero-order valence-corrected chi connectivity index (χ0v) is 14.3. The number of carbonyl (C=O) groups is 1. The summed E-state index contributed by atoms with van der Waals surface area (Å²) in [5.74, 6) is -0.189. The van der Waals surface area contributed by atoms with E-state index in [1.807, 2.05) is 43.5 Å². The predicted octanol–water partition coefficient (Wildman–Crippen LogP) is 2.97. The van der Waals surface area contributed by atoms with Crippen LogP contribution >= 0.6 is 11.3 Å². The van der Waals surface area contributed by atoms with Gasteiger partial charge >= 0.3 is 0 Å². The van der Waals surface area contributed by atoms with Gasteiger partial charge in [0.25, 0.3) is 5.91 Å². The van der Waals surface area contributed by atoms with Crippen LogP contribution in [0.25, 0.3) is 5.69 Å². The average Bonchev–Trinajstić information content (AvgIpc) is 3.27. The molecule has 0 aliphatic carbocycles. The van der Waals surface area contributed by atoms with Crippen molar-refractivity contribution >= 4 is 17.2 Å². The Morgan fingerprint density at radius 1 is 1.42 bits per heavy atom. The molecule has 0 aliphatic heterocycles. The van der Waals surface area contributed by atoms with Gasteiger partial charge in [-0.1, -0.05) is 12.1 Å². The largest absolute Gasteiger partial charge is 0.378 e. The monoisotopic (exact) mass is 342 g/mol. The van der Waals surface area contributed by atoms with E-state index in [0.29, 0.717) is 12.3 Å². The highest BCUT2D eigenvalue weighted by Gasteiger charge is 2.15. The molecule has 2 heterocycles. The number of ether oxygens (including phenoxy) is 1. The fraction of sp³-hybridized carbons (Fsp3) is 0.235. The van der Waals surface area contributed by atoms with Crippen LogP contribution in [0.5, 0.6) is 0 Å². The lowest BCUT2D eigenvalue weighted by atomic mass is 10.1. The molecular formula is C17H18N4O2S. The van der Waals surface area contributed by atoms with Gasteiger partial charge in [-0.25, -0.2) is 9.67 Å². The first-order chi connectivity index (χ1) is 11.7. The first-order valence-corrected chi connectivity index (χ1v) is 8.39. The molecule has 1 amide bonds. The summed E-state index contributed by atoms with van der Waals surface area (Å²) in [6.45, 7) is 2.36. The van der Waals surface area contributed by atoms with Crippen LogP contribution in [0.1, 0.15) is 34.0 Å². The molecule has 0 saturated carbocycles. The fourth-order valence-electron chi connectivity index (χ4n) is 2.32. The zero-order valence-electron chi connectivity index (χ0n) is 13.5. The molecule has 1 atom stereocenters. The second-order valence-corrected chi connectivity index (χ2v) is 6.24. The summed E-state index contributed by atoms with van der Waals surface area (Å²) in [4.78, 5) is 16.6. The number of thiazole rings is 1. The topological polar surface area (TPSA) is 69.0 Å². The minimum atomic E-state index is -0.189. The van der Waals surface area contributed by atoms with Gasteiger partial charge in [0.1, 0.15) is 10.7 Å². The summed E-state index contributed by atoms with van der Waals surface area (Å²) >= 11 is 1.42. The van der Waals surface area contributed by atoms with Crippen LogP contribution in [-0.4, -0.2) is 27.8 Å². The fourth-order valence-corrected chi connectivity index (χ4v) is 3.06. The van der Waals surface area contributed by atoms with E-state index in [4.69, 9.17) is 4.74 Å². The molecule has 2 aromatic heterocycles. The molecule has 0 bridgehead atoms. The Hall–Kier alpha value is -2.51. The number of nitrogens with zero attached hydrogens (tertiary/aromatic N) is 3. The quantitative estimate of drug-likeness (QED) is 0.748. The molecule has 6 nitrogen and oxygen atoms in total. The highest BCUT2D eigenvalue weighted by Crippen LogP contribution is 2.18. The molecule has 0 aliphatic rings. The summed E-state index contributed by atoms with van der Waals surface area (Å²) in [5, 5.41) is 9.73. The summed E-state index contributed by atoms with van der Waals surface area (Å²) in [6, 6.07) is 9.65. The molecule has 3 aromatic rings. The summed E-state index contributed by atoms with van der Waals surface area (Å²) < 4.78 is 6.82. The van der Waals surface area contributed by atoms with E-state index in [1.54, 1.807) is 23.4 Å². The van der Waals surface area contributed by atoms with E-state index in [1.165, 1.54) is 11.3 Å². The Morgan fingerprint density at radius 3 is 3.04 bits per heavy atom. The van der Waals surface area contributed by atoms with Crippen LogP contribution < -0.4 is 5.32 Å². The van der Waals surface area contributed by atoms with Gasteiger partial charge in [-0.05, 0) is 30.7 Å². The second kappa shape index (κ2) is 7.37. The van der Waals surface area contributed by atoms with E-state index >= 15 is 0 Å². The molecular weight excluding hydrogens is 324 g/mol. The van der Waals surface area contributed by atoms with Gasteiger partial charge < -0.3 is 10.1 Å². The molecule has 0 radical (unpaired) electrons. The minimum absolute atomic E-state index is 0.138. The van der Waals surface area contributed by atoms with E-state index in [0.717, 1.165) is 16.3 Å². The van der Waals surface area contributed by atoms with Crippen molar-refractivity contribution in [2.75, 3.05) is 7.11 Å². The number of benzene rings is 1. The van der Waals surface area contributed by atoms with Crippen LogP contribution in [-0.2, 0) is 11.3 Å². The normalized spacial score (nSPS) is 12.1. The van der Waals surface area contributed by atoms with Crippen molar-refractivity contribution in [3.63, 3.8) is 0 Å². The molecule has 24 heavy (non-hydrogen) atoms. The van der Waals surface area contributed by atoms with Crippen molar-refractivity contribution in [3.8, 4) is 5.69 Å². The van der Waals surface area contributed by atoms with E-state index in [-0.39, 0.29) is 11.9 Å². The van der Waals surface area contributed by atoms with Crippen LogP contribution in [0.15, 0.2) is 48.1 Å². The first kappa shape index (κ1) is 16.4. The van der Waals surface area contributed by atoms with Crippen molar-refractivity contribution in [1.29, 1.82) is 0 Å². The number of nitrogens with one attached hydrogen (secondary N) is 1. The number of amides is 1. The first-order valence-electron chi connectivity index (χ1n) is 7.51. The number of methoxy groups -OCH3 is 1. The third kappa shape index (κ3) is 3.69. The van der Waals surface area contributed by atoms with E-state index < -0.39 is 0 Å². The van der Waals surface area contributed by atoms with E-state index in [2.05, 4.69) is 15.4 Å². The van der Waals surface area contributed by atoms with Gasteiger partial charge in [0.2, 0.25) is 0 Å². The van der Waals surface area contributed by atoms with Gasteiger partial charge in [-0.2, -0.15) is 5.10 Å². The maximum Gasteiger partial charge on any atom is 0.271 e. The van der Waals surface area contributed by atoms with Gasteiger partial charge in [0.05, 0.1) is 18.3 Å². The highest BCUT2D eigenvalue weighted by molar-refractivity contribution is 7.09. The Balaban J connectivity index is 1.71. The molecule has 0 unspecified atom stereocenters. The summed E-state index contributed by atoms with van der Waals surface area (Å²) in [5.41, 5.74) is 2.38. The molecule has 7 heteroatoms. The number of aromatic nitrogens is 3. The Bertz CT molecular complexity index is 814. The van der Waals surface area contributed by atoms with Gasteiger partial charge in [0, 0.05) is 24.9 Å². The van der Waals surface area contributed by atoms with Crippen molar-refractivity contribution in [2.24, 2.45) is 0 Å². The highest BCUT2D eigenvalue weighted by atomic mass is 32.1. The SMILES string of the molecule is COCc1nc(C(=O)N[C@H](C)c2cccc(-n3cccn3)c2)cs1. The third-order valence-corrected chi connectivity index (χ3v) is 4.36. The van der Waals surface area contributed by atoms with Crippen LogP contribution in [0.2, 0.25) is 0 Å². The molecule has 124 valence electrons. The number of carbonyl (C=O) groups excluding carboxylic acids is 1. The predicted molar refractivity (Wildman–Crippen MR) is 92.3 cm³/mol. The summed E-state index contributed by atoms with van der Waals surface area (Å²) in [6.07, 6.45) is 3.62. The second-order valence-electron chi connectivity index (χ2n) is 5.30. The van der Waals surface area contributed by atoms with Crippen LogP contribution in [0.4, 0.5) is 0 Å². The smallest absolute Gasteiger partial charge is 0.271 e. The summed E-state index contributed by atoms with van der Waals surface area (Å²) in [7, 11) is 1.61. The minimum Gasteiger partial charge on any atom is -0.378 e. The van der Waals surface area contributed by atoms with Crippen LogP contribution in [0, 0.1) is 0 Å². The molecule has 1 aromatic carbocycles. The standard InChI is InChI=1S/C17H18N4O2S/c1-12(19-17(22)15-11-24-16(20-15)10-23-2)13-5-3-6-14(9-13)21-8-4-7-18-21/h3-9,11-12H,10H2,1-2H3,(H,19,22)/t12-/m1/s1. The Kier molecular flexibility index (Phi) is 5.02. The Morgan fingerprint density at radius 2 is 2.29 bits per heavy atom. The van der Waals surface area contributed by atoms with Crippen molar-refractivity contribution < 1.29 is 9.53 Å². The molecule has 0 spiro atoms. The molecule has 0 saturated heterocycles. The van der Waals surface area contributed by atoms with Gasteiger partial charge in [0.15, 0.2) is 0 Å². The molecule has 3 rings (SSSR count). The van der Waals surface area contributed by atoms with Gasteiger partial charge in [-0.3, -0.25) is 4.79 Å². The molecule has 1 N–H and O–H groups in total. The van der Waals surface area contributed by atoms with Crippen molar-refractivity contribution in [3.05, 3.63) is 64.4 Å². The van der Waals surface area contributed by atoms with E-state index in [9.17, 15) is 4.79 Å². The average molecular weight is 342 g/mol. The lowest BCUT2D eigenvalue weighted by molar-refractivity contribution is 0.0935. The Labute approximate surface area is 144 Å². The zero-order chi connectivity index (χ0) is 16.9. The lowest BCUT2D eigenvalue weighted by Crippen LogP contribution is -2.27. The van der Waals surface area contributed by atoms with Gasteiger partial charge in [-0.15, -0.1) is 11.3 Å². The van der Waals surface area contributed by atoms with Crippen molar-refractivity contribution in [2.45, 2.75) is 19.6 Å². The maximum absolute atomic E-state index is 12.3. The third-order valence-electron chi connectivity index (χ3n) is 3.54.